The maximum atomic E-state index is 11.1. The molecule has 0 saturated heterocycles. The van der Waals surface area contributed by atoms with Crippen molar-refractivity contribution in [2.45, 2.75) is 25.8 Å². The number of nitrogens with two attached hydrogens (primary N) is 1. The van der Waals surface area contributed by atoms with Crippen LogP contribution in [0.2, 0.25) is 0 Å². The number of H-pyrrole nitrogens is 1. The number of carboxylic acid groups (broad SMARTS) is 1. The van der Waals surface area contributed by atoms with E-state index >= 15 is 0 Å². The zero-order valence-electron chi connectivity index (χ0n) is 10.6. The molecule has 2 aromatic rings. The van der Waals surface area contributed by atoms with Crippen LogP contribution in [0.1, 0.15) is 31.4 Å². The minimum Gasteiger partial charge on any atom is -0.481 e. The summed E-state index contributed by atoms with van der Waals surface area (Å²) in [6.07, 6.45) is 0.654. The van der Waals surface area contributed by atoms with Gasteiger partial charge in [0.25, 0.3) is 0 Å². The van der Waals surface area contributed by atoms with Gasteiger partial charge in [0.2, 0.25) is 0 Å². The normalized spacial score (nSPS) is 14.4. The summed E-state index contributed by atoms with van der Waals surface area (Å²) in [6, 6.07) is 4.98. The van der Waals surface area contributed by atoms with Gasteiger partial charge in [-0.15, -0.1) is 0 Å². The summed E-state index contributed by atoms with van der Waals surface area (Å²) in [7, 11) is 0. The molecular formula is C13H16N2O4. The standard InChI is InChI=1S/C13H16N2O4/c1-7(5-12(16)17)4-9(14)8-2-3-10-11(6-8)19-13(18)15-10/h2-3,6-7,9H,4-5,14H2,1H3,(H,15,18)(H,16,17). The van der Waals surface area contributed by atoms with Crippen LogP contribution < -0.4 is 11.5 Å². The van der Waals surface area contributed by atoms with Crippen molar-refractivity contribution >= 4 is 17.1 Å². The molecule has 4 N–H and O–H groups in total. The van der Waals surface area contributed by atoms with Crippen molar-refractivity contribution in [2.75, 3.05) is 0 Å². The van der Waals surface area contributed by atoms with E-state index in [0.717, 1.165) is 5.56 Å². The minimum atomic E-state index is -0.827. The van der Waals surface area contributed by atoms with Crippen molar-refractivity contribution in [3.05, 3.63) is 34.3 Å². The van der Waals surface area contributed by atoms with Crippen LogP contribution in [0.25, 0.3) is 11.1 Å². The van der Waals surface area contributed by atoms with Crippen molar-refractivity contribution in [2.24, 2.45) is 11.7 Å². The third kappa shape index (κ3) is 3.23. The molecule has 0 aliphatic heterocycles. The first-order valence-electron chi connectivity index (χ1n) is 6.06. The predicted octanol–water partition coefficient (Wildman–Crippen LogP) is 1.62. The quantitative estimate of drug-likeness (QED) is 0.760. The highest BCUT2D eigenvalue weighted by molar-refractivity contribution is 5.72. The molecule has 0 spiro atoms. The van der Waals surface area contributed by atoms with Gasteiger partial charge in [0.15, 0.2) is 5.58 Å². The van der Waals surface area contributed by atoms with Crippen LogP contribution in [0.4, 0.5) is 0 Å². The second-order valence-corrected chi connectivity index (χ2v) is 4.82. The molecule has 1 aromatic carbocycles. The molecule has 1 aromatic heterocycles. The summed E-state index contributed by atoms with van der Waals surface area (Å²) in [4.78, 5) is 24.2. The largest absolute Gasteiger partial charge is 0.481 e. The predicted molar refractivity (Wildman–Crippen MR) is 69.8 cm³/mol. The van der Waals surface area contributed by atoms with Crippen LogP contribution in [0, 0.1) is 5.92 Å². The van der Waals surface area contributed by atoms with Crippen LogP contribution in [-0.2, 0) is 4.79 Å². The maximum Gasteiger partial charge on any atom is 0.417 e. The summed E-state index contributed by atoms with van der Waals surface area (Å²) in [5, 5.41) is 8.72. The zero-order valence-corrected chi connectivity index (χ0v) is 10.6. The molecule has 0 aliphatic carbocycles. The molecule has 2 unspecified atom stereocenters. The highest BCUT2D eigenvalue weighted by Gasteiger charge is 2.15. The van der Waals surface area contributed by atoms with Crippen LogP contribution in [0.5, 0.6) is 0 Å². The summed E-state index contributed by atoms with van der Waals surface area (Å²) in [5.41, 5.74) is 7.96. The zero-order chi connectivity index (χ0) is 14.0. The maximum absolute atomic E-state index is 11.1. The molecule has 19 heavy (non-hydrogen) atoms. The van der Waals surface area contributed by atoms with E-state index in [9.17, 15) is 9.59 Å². The second-order valence-electron chi connectivity index (χ2n) is 4.82. The summed E-state index contributed by atoms with van der Waals surface area (Å²) < 4.78 is 4.97. The van der Waals surface area contributed by atoms with E-state index in [1.165, 1.54) is 0 Å². The third-order valence-electron chi connectivity index (χ3n) is 3.05. The van der Waals surface area contributed by atoms with Gasteiger partial charge in [-0.25, -0.2) is 4.79 Å². The van der Waals surface area contributed by atoms with Crippen molar-refractivity contribution in [3.63, 3.8) is 0 Å². The number of rotatable bonds is 5. The molecule has 6 heteroatoms. The number of aromatic nitrogens is 1. The second kappa shape index (κ2) is 5.27. The molecule has 0 aliphatic rings. The molecule has 0 bridgehead atoms. The summed E-state index contributed by atoms with van der Waals surface area (Å²) >= 11 is 0. The van der Waals surface area contributed by atoms with Crippen LogP contribution >= 0.6 is 0 Å². The number of hydrogen-bond acceptors (Lipinski definition) is 4. The van der Waals surface area contributed by atoms with Gasteiger partial charge in [-0.3, -0.25) is 9.78 Å². The number of hydrogen-bond donors (Lipinski definition) is 3. The van der Waals surface area contributed by atoms with Crippen molar-refractivity contribution in [1.29, 1.82) is 0 Å². The summed E-state index contributed by atoms with van der Waals surface area (Å²) in [5.74, 6) is -1.34. The van der Waals surface area contributed by atoms with Crippen molar-refractivity contribution in [3.8, 4) is 0 Å². The van der Waals surface area contributed by atoms with E-state index < -0.39 is 11.7 Å². The lowest BCUT2D eigenvalue weighted by Gasteiger charge is -2.16. The first-order valence-corrected chi connectivity index (χ1v) is 6.06. The SMILES string of the molecule is CC(CC(=O)O)CC(N)c1ccc2[nH]c(=O)oc2c1. The highest BCUT2D eigenvalue weighted by atomic mass is 16.4. The Balaban J connectivity index is 2.14. The number of fused-ring (bicyclic) bond motifs is 1. The molecule has 0 saturated carbocycles. The monoisotopic (exact) mass is 264 g/mol. The van der Waals surface area contributed by atoms with Crippen LogP contribution in [0.15, 0.2) is 27.4 Å². The number of oxazole rings is 1. The molecule has 102 valence electrons. The van der Waals surface area contributed by atoms with Gasteiger partial charge in [-0.05, 0) is 30.0 Å². The Morgan fingerprint density at radius 2 is 2.26 bits per heavy atom. The van der Waals surface area contributed by atoms with E-state index in [1.54, 1.807) is 12.1 Å². The molecule has 0 radical (unpaired) electrons. The fourth-order valence-corrected chi connectivity index (χ4v) is 2.14. The fraction of sp³-hybridized carbons (Fsp3) is 0.385. The first kappa shape index (κ1) is 13.4. The van der Waals surface area contributed by atoms with Crippen LogP contribution in [-0.4, -0.2) is 16.1 Å². The molecule has 0 amide bonds. The number of carboxylic acids is 1. The lowest BCUT2D eigenvalue weighted by atomic mass is 9.94. The molecule has 2 atom stereocenters. The van der Waals surface area contributed by atoms with Crippen molar-refractivity contribution in [1.82, 2.24) is 4.98 Å². The van der Waals surface area contributed by atoms with Gasteiger partial charge in [0.05, 0.1) is 5.52 Å². The Bertz CT molecular complexity index is 643. The topological polar surface area (TPSA) is 109 Å². The smallest absolute Gasteiger partial charge is 0.417 e. The third-order valence-corrected chi connectivity index (χ3v) is 3.05. The molecule has 0 fully saturated rings. The number of nitrogens with one attached hydrogen (secondary N) is 1. The Kier molecular flexibility index (Phi) is 3.71. The number of aliphatic carboxylic acids is 1. The lowest BCUT2D eigenvalue weighted by molar-refractivity contribution is -0.138. The van der Waals surface area contributed by atoms with Gasteiger partial charge in [0.1, 0.15) is 0 Å². The molecular weight excluding hydrogens is 248 g/mol. The minimum absolute atomic E-state index is 0.0126. The number of benzene rings is 1. The average Bonchev–Trinajstić information content (AvgIpc) is 2.66. The van der Waals surface area contributed by atoms with E-state index in [0.29, 0.717) is 17.5 Å². The lowest BCUT2D eigenvalue weighted by Crippen LogP contribution is -2.16. The highest BCUT2D eigenvalue weighted by Crippen LogP contribution is 2.23. The Labute approximate surface area is 109 Å². The van der Waals surface area contributed by atoms with E-state index in [-0.39, 0.29) is 18.4 Å². The van der Waals surface area contributed by atoms with Gasteiger partial charge in [0, 0.05) is 12.5 Å². The average molecular weight is 264 g/mol. The van der Waals surface area contributed by atoms with Gasteiger partial charge < -0.3 is 15.3 Å². The van der Waals surface area contributed by atoms with Crippen molar-refractivity contribution < 1.29 is 14.3 Å². The van der Waals surface area contributed by atoms with Crippen LogP contribution in [0.3, 0.4) is 0 Å². The van der Waals surface area contributed by atoms with E-state index in [4.69, 9.17) is 15.3 Å². The van der Waals surface area contributed by atoms with Gasteiger partial charge in [-0.2, -0.15) is 0 Å². The molecule has 2 rings (SSSR count). The van der Waals surface area contributed by atoms with E-state index in [1.807, 2.05) is 13.0 Å². The fourth-order valence-electron chi connectivity index (χ4n) is 2.14. The Morgan fingerprint density at radius 3 is 2.95 bits per heavy atom. The molecule has 6 nitrogen and oxygen atoms in total. The number of carbonyl (C=O) groups is 1. The Morgan fingerprint density at radius 1 is 1.53 bits per heavy atom. The first-order chi connectivity index (χ1) is 8.95. The summed E-state index contributed by atoms with van der Waals surface area (Å²) in [6.45, 7) is 1.85. The van der Waals surface area contributed by atoms with Gasteiger partial charge >= 0.3 is 11.7 Å². The number of aromatic amines is 1. The van der Waals surface area contributed by atoms with Gasteiger partial charge in [-0.1, -0.05) is 13.0 Å². The van der Waals surface area contributed by atoms with E-state index in [2.05, 4.69) is 4.98 Å². The molecule has 1 heterocycles. The Hall–Kier alpha value is -2.08.